The molecule has 0 bridgehead atoms. The first kappa shape index (κ1) is 17.1. The van der Waals surface area contributed by atoms with Gasteiger partial charge in [0.1, 0.15) is 10.6 Å². The predicted octanol–water partition coefficient (Wildman–Crippen LogP) is 2.88. The molecule has 130 valence electrons. The first-order valence-electron chi connectivity index (χ1n) is 8.45. The number of hydrogen-bond donors (Lipinski definition) is 1. The second-order valence-electron chi connectivity index (χ2n) is 7.85. The van der Waals surface area contributed by atoms with Crippen molar-refractivity contribution >= 4 is 27.3 Å². The fourth-order valence-corrected chi connectivity index (χ4v) is 4.81. The summed E-state index contributed by atoms with van der Waals surface area (Å²) in [7, 11) is 0. The number of Topliss-reactive ketones (excluding diaryl/α,β-unsaturated/α-hetero) is 1. The number of nitrogens with zero attached hydrogens (tertiary/aromatic N) is 1. The van der Waals surface area contributed by atoms with Gasteiger partial charge in [0.15, 0.2) is 0 Å². The number of thiophene rings is 1. The van der Waals surface area contributed by atoms with Crippen molar-refractivity contribution in [2.45, 2.75) is 59.9 Å². The van der Waals surface area contributed by atoms with Crippen LogP contribution in [-0.4, -0.2) is 15.3 Å². The van der Waals surface area contributed by atoms with Crippen LogP contribution >= 0.6 is 11.3 Å². The zero-order chi connectivity index (χ0) is 17.6. The van der Waals surface area contributed by atoms with Gasteiger partial charge < -0.3 is 0 Å². The topological polar surface area (TPSA) is 71.9 Å². The molecule has 0 spiro atoms. The average molecular weight is 348 g/mol. The van der Waals surface area contributed by atoms with E-state index in [0.717, 1.165) is 24.8 Å². The van der Waals surface area contributed by atoms with E-state index in [1.807, 2.05) is 0 Å². The highest BCUT2D eigenvalue weighted by molar-refractivity contribution is 7.18. The van der Waals surface area contributed by atoms with Crippen LogP contribution in [0.2, 0.25) is 0 Å². The monoisotopic (exact) mass is 348 g/mol. The minimum atomic E-state index is -0.417. The molecule has 1 aliphatic rings. The lowest BCUT2D eigenvalue weighted by Crippen LogP contribution is -2.35. The number of rotatable bonds is 3. The van der Waals surface area contributed by atoms with E-state index >= 15 is 0 Å². The fraction of sp³-hybridized carbons (Fsp3) is 0.611. The first-order valence-corrected chi connectivity index (χ1v) is 9.27. The van der Waals surface area contributed by atoms with E-state index in [4.69, 9.17) is 0 Å². The third-order valence-electron chi connectivity index (χ3n) is 5.10. The van der Waals surface area contributed by atoms with Crippen LogP contribution in [0.4, 0.5) is 0 Å². The Balaban J connectivity index is 2.09. The molecular weight excluding hydrogens is 324 g/mol. The SMILES string of the molecule is CC(=O)CCn1c(=O)[nH]c2sc3c(c2c1=O)CCC(C(C)(C)C)C3. The number of aromatic nitrogens is 2. The van der Waals surface area contributed by atoms with Crippen molar-refractivity contribution in [1.29, 1.82) is 0 Å². The zero-order valence-electron chi connectivity index (χ0n) is 14.7. The van der Waals surface area contributed by atoms with E-state index in [2.05, 4.69) is 25.8 Å². The summed E-state index contributed by atoms with van der Waals surface area (Å²) in [5.41, 5.74) is 0.679. The van der Waals surface area contributed by atoms with Crippen molar-refractivity contribution in [3.8, 4) is 0 Å². The van der Waals surface area contributed by atoms with E-state index in [0.29, 0.717) is 16.1 Å². The van der Waals surface area contributed by atoms with Gasteiger partial charge >= 0.3 is 5.69 Å². The molecule has 1 atom stereocenters. The Labute approximate surface area is 144 Å². The third kappa shape index (κ3) is 2.99. The molecule has 5 nitrogen and oxygen atoms in total. The number of fused-ring (bicyclic) bond motifs is 3. The Morgan fingerprint density at radius 2 is 2.04 bits per heavy atom. The zero-order valence-corrected chi connectivity index (χ0v) is 15.5. The summed E-state index contributed by atoms with van der Waals surface area (Å²) in [6, 6.07) is 0. The molecule has 24 heavy (non-hydrogen) atoms. The van der Waals surface area contributed by atoms with E-state index < -0.39 is 5.69 Å². The molecule has 0 aliphatic heterocycles. The highest BCUT2D eigenvalue weighted by Crippen LogP contribution is 2.41. The average Bonchev–Trinajstić information content (AvgIpc) is 2.82. The summed E-state index contributed by atoms with van der Waals surface area (Å²) in [6.07, 6.45) is 3.11. The van der Waals surface area contributed by atoms with Crippen LogP contribution in [0.15, 0.2) is 9.59 Å². The molecule has 0 radical (unpaired) electrons. The quantitative estimate of drug-likeness (QED) is 0.927. The summed E-state index contributed by atoms with van der Waals surface area (Å²) < 4.78 is 1.17. The summed E-state index contributed by atoms with van der Waals surface area (Å²) in [5.74, 6) is 0.562. The van der Waals surface area contributed by atoms with E-state index in [1.54, 1.807) is 11.3 Å². The molecule has 2 heterocycles. The normalized spacial score (nSPS) is 17.9. The number of aryl methyl sites for hydroxylation is 1. The van der Waals surface area contributed by atoms with Crippen LogP contribution in [0.3, 0.4) is 0 Å². The number of H-pyrrole nitrogens is 1. The van der Waals surface area contributed by atoms with Crippen molar-refractivity contribution < 1.29 is 4.79 Å². The fourth-order valence-electron chi connectivity index (χ4n) is 3.50. The van der Waals surface area contributed by atoms with Crippen molar-refractivity contribution in [3.05, 3.63) is 31.3 Å². The Hall–Kier alpha value is -1.69. The largest absolute Gasteiger partial charge is 0.329 e. The van der Waals surface area contributed by atoms with Crippen LogP contribution in [-0.2, 0) is 24.2 Å². The molecular formula is C18H24N2O3S. The molecule has 2 aromatic heterocycles. The van der Waals surface area contributed by atoms with Gasteiger partial charge in [0, 0.05) is 17.8 Å². The molecule has 1 unspecified atom stereocenters. The number of carbonyl (C=O) groups excluding carboxylic acids is 1. The highest BCUT2D eigenvalue weighted by Gasteiger charge is 2.31. The summed E-state index contributed by atoms with van der Waals surface area (Å²) in [5, 5.41) is 0.658. The molecule has 2 aromatic rings. The maximum atomic E-state index is 12.8. The number of nitrogens with one attached hydrogen (secondary N) is 1. The smallest absolute Gasteiger partial charge is 0.300 e. The lowest BCUT2D eigenvalue weighted by molar-refractivity contribution is -0.117. The maximum absolute atomic E-state index is 12.8. The van der Waals surface area contributed by atoms with Crippen LogP contribution in [0.25, 0.3) is 10.2 Å². The van der Waals surface area contributed by atoms with E-state index in [9.17, 15) is 14.4 Å². The molecule has 0 saturated heterocycles. The summed E-state index contributed by atoms with van der Waals surface area (Å²) in [6.45, 7) is 8.39. The molecule has 6 heteroatoms. The van der Waals surface area contributed by atoms with Crippen LogP contribution in [0, 0.1) is 11.3 Å². The minimum Gasteiger partial charge on any atom is -0.300 e. The Bertz CT molecular complexity index is 911. The minimum absolute atomic E-state index is 0.0261. The second-order valence-corrected chi connectivity index (χ2v) is 8.96. The van der Waals surface area contributed by atoms with Crippen LogP contribution in [0.1, 0.15) is 51.0 Å². The third-order valence-corrected chi connectivity index (χ3v) is 6.27. The van der Waals surface area contributed by atoms with Gasteiger partial charge in [-0.25, -0.2) is 4.79 Å². The lowest BCUT2D eigenvalue weighted by atomic mass is 9.72. The van der Waals surface area contributed by atoms with Crippen molar-refractivity contribution in [2.24, 2.45) is 11.3 Å². The van der Waals surface area contributed by atoms with Gasteiger partial charge in [-0.15, -0.1) is 11.3 Å². The lowest BCUT2D eigenvalue weighted by Gasteiger charge is -2.33. The Morgan fingerprint density at radius 3 is 2.67 bits per heavy atom. The van der Waals surface area contributed by atoms with Gasteiger partial charge in [-0.05, 0) is 43.1 Å². The highest BCUT2D eigenvalue weighted by atomic mass is 32.1. The molecule has 0 saturated carbocycles. The van der Waals surface area contributed by atoms with Gasteiger partial charge in [0.25, 0.3) is 5.56 Å². The first-order chi connectivity index (χ1) is 11.2. The number of hydrogen-bond acceptors (Lipinski definition) is 4. The molecule has 0 fully saturated rings. The Kier molecular flexibility index (Phi) is 4.28. The van der Waals surface area contributed by atoms with Crippen molar-refractivity contribution in [3.63, 3.8) is 0 Å². The molecule has 0 amide bonds. The van der Waals surface area contributed by atoms with Gasteiger partial charge in [-0.2, -0.15) is 0 Å². The van der Waals surface area contributed by atoms with E-state index in [1.165, 1.54) is 16.4 Å². The van der Waals surface area contributed by atoms with Crippen molar-refractivity contribution in [2.75, 3.05) is 0 Å². The second kappa shape index (κ2) is 5.99. The Morgan fingerprint density at radius 1 is 1.33 bits per heavy atom. The van der Waals surface area contributed by atoms with Gasteiger partial charge in [0.05, 0.1) is 5.39 Å². The summed E-state index contributed by atoms with van der Waals surface area (Å²) in [4.78, 5) is 41.0. The van der Waals surface area contributed by atoms with Crippen LogP contribution in [0.5, 0.6) is 0 Å². The molecule has 3 rings (SSSR count). The molecule has 0 aromatic carbocycles. The van der Waals surface area contributed by atoms with E-state index in [-0.39, 0.29) is 29.7 Å². The number of ketones is 1. The maximum Gasteiger partial charge on any atom is 0.329 e. The molecule has 1 N–H and O–H groups in total. The van der Waals surface area contributed by atoms with Crippen molar-refractivity contribution in [1.82, 2.24) is 9.55 Å². The summed E-state index contributed by atoms with van der Waals surface area (Å²) >= 11 is 1.55. The predicted molar refractivity (Wildman–Crippen MR) is 97.0 cm³/mol. The number of aromatic amines is 1. The van der Waals surface area contributed by atoms with Gasteiger partial charge in [0.2, 0.25) is 0 Å². The van der Waals surface area contributed by atoms with Crippen LogP contribution < -0.4 is 11.2 Å². The van der Waals surface area contributed by atoms with Gasteiger partial charge in [-0.3, -0.25) is 19.1 Å². The standard InChI is InChI=1S/C18H24N2O3S/c1-10(21)7-8-20-16(22)14-12-6-5-11(18(2,3)4)9-13(12)24-15(14)19-17(20)23/h11H,5-9H2,1-4H3,(H,19,23). The molecule has 1 aliphatic carbocycles. The van der Waals surface area contributed by atoms with Gasteiger partial charge in [-0.1, -0.05) is 20.8 Å². The number of carbonyl (C=O) groups is 1.